The first kappa shape index (κ1) is 13.2. The van der Waals surface area contributed by atoms with E-state index in [4.69, 9.17) is 5.11 Å². The third-order valence-electron chi connectivity index (χ3n) is 3.00. The highest BCUT2D eigenvalue weighted by Crippen LogP contribution is 2.28. The van der Waals surface area contributed by atoms with Gasteiger partial charge in [-0.25, -0.2) is 0 Å². The van der Waals surface area contributed by atoms with Gasteiger partial charge in [0.25, 0.3) is 0 Å². The minimum atomic E-state index is -0.761. The van der Waals surface area contributed by atoms with E-state index >= 15 is 0 Å². The van der Waals surface area contributed by atoms with E-state index in [9.17, 15) is 15.0 Å². The predicted molar refractivity (Wildman–Crippen MR) is 60.0 cm³/mol. The van der Waals surface area contributed by atoms with Crippen LogP contribution in [0.2, 0.25) is 0 Å². The first-order valence-corrected chi connectivity index (χ1v) is 5.82. The molecule has 1 rings (SSSR count). The first-order valence-electron chi connectivity index (χ1n) is 5.82. The summed E-state index contributed by atoms with van der Waals surface area (Å²) in [6.45, 7) is 0. The number of carbonyl (C=O) groups is 1. The summed E-state index contributed by atoms with van der Waals surface area (Å²) in [7, 11) is 0. The molecular formula is C12H20O4. The molecule has 0 heterocycles. The van der Waals surface area contributed by atoms with Gasteiger partial charge in [0, 0.05) is 6.42 Å². The van der Waals surface area contributed by atoms with Gasteiger partial charge in [-0.1, -0.05) is 12.2 Å². The molecule has 0 aliphatic heterocycles. The second kappa shape index (κ2) is 6.66. The molecule has 92 valence electrons. The van der Waals surface area contributed by atoms with Crippen LogP contribution in [0.5, 0.6) is 0 Å². The van der Waals surface area contributed by atoms with Crippen LogP contribution in [-0.4, -0.2) is 33.5 Å². The van der Waals surface area contributed by atoms with E-state index in [1.807, 2.05) is 12.2 Å². The molecule has 0 aromatic rings. The molecule has 0 bridgehead atoms. The quantitative estimate of drug-likeness (QED) is 0.473. The maximum absolute atomic E-state index is 10.2. The average Bonchev–Trinajstić information content (AvgIpc) is 2.50. The topological polar surface area (TPSA) is 77.8 Å². The lowest BCUT2D eigenvalue weighted by molar-refractivity contribution is -0.137. The zero-order chi connectivity index (χ0) is 12.0. The Balaban J connectivity index is 2.10. The van der Waals surface area contributed by atoms with Crippen molar-refractivity contribution < 1.29 is 20.1 Å². The van der Waals surface area contributed by atoms with Gasteiger partial charge < -0.3 is 15.3 Å². The van der Waals surface area contributed by atoms with Crippen molar-refractivity contribution in [3.05, 3.63) is 12.2 Å². The summed E-state index contributed by atoms with van der Waals surface area (Å²) < 4.78 is 0. The molecule has 0 spiro atoms. The van der Waals surface area contributed by atoms with E-state index in [0.29, 0.717) is 19.3 Å². The summed E-state index contributed by atoms with van der Waals surface area (Å²) in [6, 6.07) is 0. The fraction of sp³-hybridized carbons (Fsp3) is 0.750. The number of aliphatic hydroxyl groups is 2. The lowest BCUT2D eigenvalue weighted by Gasteiger charge is -2.10. The van der Waals surface area contributed by atoms with Crippen molar-refractivity contribution in [1.29, 1.82) is 0 Å². The molecule has 3 atom stereocenters. The number of allylic oxidation sites excluding steroid dienone is 2. The zero-order valence-corrected chi connectivity index (χ0v) is 9.38. The molecule has 0 aromatic heterocycles. The van der Waals surface area contributed by atoms with E-state index in [2.05, 4.69) is 0 Å². The Morgan fingerprint density at radius 1 is 1.25 bits per heavy atom. The summed E-state index contributed by atoms with van der Waals surface area (Å²) in [5, 5.41) is 27.3. The monoisotopic (exact) mass is 228 g/mol. The molecule has 4 heteroatoms. The van der Waals surface area contributed by atoms with Crippen molar-refractivity contribution in [1.82, 2.24) is 0 Å². The van der Waals surface area contributed by atoms with Gasteiger partial charge in [0.2, 0.25) is 0 Å². The Hall–Kier alpha value is -0.870. The molecule has 1 aliphatic carbocycles. The molecule has 3 N–H and O–H groups in total. The molecule has 1 aliphatic rings. The fourth-order valence-electron chi connectivity index (χ4n) is 2.09. The number of hydrogen-bond donors (Lipinski definition) is 3. The summed E-state index contributed by atoms with van der Waals surface area (Å²) in [4.78, 5) is 10.2. The Bertz CT molecular complexity index is 249. The smallest absolute Gasteiger partial charge is 0.303 e. The number of carboxylic acids is 1. The summed E-state index contributed by atoms with van der Waals surface area (Å²) in [6.07, 6.45) is 6.73. The van der Waals surface area contributed by atoms with Gasteiger partial charge in [0.05, 0.1) is 12.2 Å². The van der Waals surface area contributed by atoms with E-state index < -0.39 is 12.1 Å². The highest BCUT2D eigenvalue weighted by Gasteiger charge is 2.30. The highest BCUT2D eigenvalue weighted by molar-refractivity contribution is 5.66. The van der Waals surface area contributed by atoms with Crippen LogP contribution in [0.1, 0.15) is 38.5 Å². The molecular weight excluding hydrogens is 208 g/mol. The van der Waals surface area contributed by atoms with Gasteiger partial charge in [-0.2, -0.15) is 0 Å². The Labute approximate surface area is 95.6 Å². The molecule has 0 saturated heterocycles. The Kier molecular flexibility index (Phi) is 5.49. The Morgan fingerprint density at radius 3 is 2.56 bits per heavy atom. The molecule has 4 nitrogen and oxygen atoms in total. The van der Waals surface area contributed by atoms with Crippen LogP contribution in [0.25, 0.3) is 0 Å². The number of rotatable bonds is 6. The highest BCUT2D eigenvalue weighted by atomic mass is 16.4. The van der Waals surface area contributed by atoms with Gasteiger partial charge in [-0.15, -0.1) is 0 Å². The minimum Gasteiger partial charge on any atom is -0.481 e. The second-order valence-corrected chi connectivity index (χ2v) is 4.45. The summed E-state index contributed by atoms with van der Waals surface area (Å²) >= 11 is 0. The van der Waals surface area contributed by atoms with Crippen molar-refractivity contribution >= 4 is 5.97 Å². The minimum absolute atomic E-state index is 0.158. The average molecular weight is 228 g/mol. The summed E-state index contributed by atoms with van der Waals surface area (Å²) in [5.41, 5.74) is 0. The lowest BCUT2D eigenvalue weighted by Crippen LogP contribution is -2.11. The molecule has 0 aromatic carbocycles. The van der Waals surface area contributed by atoms with Crippen LogP contribution in [-0.2, 0) is 4.79 Å². The maximum atomic E-state index is 10.2. The molecule has 16 heavy (non-hydrogen) atoms. The van der Waals surface area contributed by atoms with Gasteiger partial charge in [0.15, 0.2) is 0 Å². The van der Waals surface area contributed by atoms with Gasteiger partial charge >= 0.3 is 5.97 Å². The number of hydrogen-bond acceptors (Lipinski definition) is 3. The zero-order valence-electron chi connectivity index (χ0n) is 9.38. The fourth-order valence-corrected chi connectivity index (χ4v) is 2.09. The van der Waals surface area contributed by atoms with E-state index in [1.54, 1.807) is 0 Å². The third kappa shape index (κ3) is 4.77. The van der Waals surface area contributed by atoms with Crippen molar-refractivity contribution in [2.45, 2.75) is 50.7 Å². The standard InChI is InChI=1S/C12H20O4/c13-10-7-9(11(14)8-10)5-3-1-2-4-6-12(15)16/h1,3,9-11,13-14H,2,4-8H2,(H,15,16)/b3-1-. The number of aliphatic hydroxyl groups excluding tert-OH is 2. The van der Waals surface area contributed by atoms with E-state index in [1.165, 1.54) is 0 Å². The van der Waals surface area contributed by atoms with Crippen LogP contribution < -0.4 is 0 Å². The van der Waals surface area contributed by atoms with Crippen LogP contribution >= 0.6 is 0 Å². The largest absolute Gasteiger partial charge is 0.481 e. The normalized spacial score (nSPS) is 30.0. The molecule has 1 saturated carbocycles. The van der Waals surface area contributed by atoms with Crippen LogP contribution in [0, 0.1) is 5.92 Å². The molecule has 3 unspecified atom stereocenters. The van der Waals surface area contributed by atoms with Crippen LogP contribution in [0.15, 0.2) is 12.2 Å². The predicted octanol–water partition coefficient (Wildman–Crippen LogP) is 1.32. The summed E-state index contributed by atoms with van der Waals surface area (Å²) in [5.74, 6) is -0.603. The van der Waals surface area contributed by atoms with Gasteiger partial charge in [-0.3, -0.25) is 4.79 Å². The third-order valence-corrected chi connectivity index (χ3v) is 3.00. The first-order chi connectivity index (χ1) is 7.59. The number of carboxylic acid groups (broad SMARTS) is 1. The van der Waals surface area contributed by atoms with Crippen molar-refractivity contribution in [2.24, 2.45) is 5.92 Å². The van der Waals surface area contributed by atoms with Crippen molar-refractivity contribution in [3.63, 3.8) is 0 Å². The van der Waals surface area contributed by atoms with Crippen molar-refractivity contribution in [3.8, 4) is 0 Å². The van der Waals surface area contributed by atoms with Crippen LogP contribution in [0.4, 0.5) is 0 Å². The second-order valence-electron chi connectivity index (χ2n) is 4.45. The van der Waals surface area contributed by atoms with Crippen LogP contribution in [0.3, 0.4) is 0 Å². The van der Waals surface area contributed by atoms with Gasteiger partial charge in [0.1, 0.15) is 0 Å². The number of aliphatic carboxylic acids is 1. The van der Waals surface area contributed by atoms with Crippen molar-refractivity contribution in [2.75, 3.05) is 0 Å². The van der Waals surface area contributed by atoms with Gasteiger partial charge in [-0.05, 0) is 38.0 Å². The molecule has 0 amide bonds. The molecule has 1 fully saturated rings. The molecule has 0 radical (unpaired) electrons. The van der Waals surface area contributed by atoms with E-state index in [0.717, 1.165) is 12.8 Å². The SMILES string of the molecule is O=C(O)CCC/C=C\CC1CC(O)CC1O. The maximum Gasteiger partial charge on any atom is 0.303 e. The number of unbranched alkanes of at least 4 members (excludes halogenated alkanes) is 1. The Morgan fingerprint density at radius 2 is 2.00 bits per heavy atom. The lowest BCUT2D eigenvalue weighted by atomic mass is 10.0. The van der Waals surface area contributed by atoms with E-state index in [-0.39, 0.29) is 18.4 Å².